The molecule has 5 heavy (non-hydrogen) atoms. The van der Waals surface area contributed by atoms with Gasteiger partial charge < -0.3 is 5.43 Å². The van der Waals surface area contributed by atoms with Crippen LogP contribution in [0, 0.1) is 6.42 Å². The third-order valence-electron chi connectivity index (χ3n) is 0.428. The highest BCUT2D eigenvalue weighted by Gasteiger charge is 1.84. The third-order valence-corrected chi connectivity index (χ3v) is 0.428. The smallest absolute Gasteiger partial charge is 0.0531 e. The molecule has 1 heterocycles. The molecule has 0 aromatic heterocycles. The summed E-state index contributed by atoms with van der Waals surface area (Å²) in [5.74, 6) is 0. The molecule has 1 aliphatic heterocycles. The van der Waals surface area contributed by atoms with Gasteiger partial charge in [-0.15, -0.1) is 0 Å². The van der Waals surface area contributed by atoms with E-state index in [1.807, 2.05) is 0 Å². The first kappa shape index (κ1) is 2.69. The van der Waals surface area contributed by atoms with Crippen LogP contribution in [0.15, 0.2) is 5.10 Å². The van der Waals surface area contributed by atoms with Crippen molar-refractivity contribution in [1.29, 1.82) is 0 Å². The number of hydrogen-bond donors (Lipinski definition) is 1. The van der Waals surface area contributed by atoms with Crippen molar-refractivity contribution in [3.05, 3.63) is 6.42 Å². The van der Waals surface area contributed by atoms with Crippen LogP contribution in [0.2, 0.25) is 0 Å². The van der Waals surface area contributed by atoms with E-state index < -0.39 is 0 Å². The zero-order valence-electron chi connectivity index (χ0n) is 2.73. The summed E-state index contributed by atoms with van der Waals surface area (Å²) in [6.07, 6.45) is 4.44. The highest BCUT2D eigenvalue weighted by atomic mass is 15.3. The van der Waals surface area contributed by atoms with Crippen LogP contribution in [0.1, 0.15) is 0 Å². The van der Waals surface area contributed by atoms with Gasteiger partial charge in [0.05, 0.1) is 6.42 Å². The van der Waals surface area contributed by atoms with Gasteiger partial charge in [0.2, 0.25) is 0 Å². The van der Waals surface area contributed by atoms with Crippen LogP contribution in [-0.4, -0.2) is 12.8 Å². The highest BCUT2D eigenvalue weighted by Crippen LogP contribution is 1.73. The Kier molecular flexibility index (Phi) is 0.571. The lowest BCUT2D eigenvalue weighted by atomic mass is 10.5. The monoisotopic (exact) mass is 68.0 g/mol. The molecule has 1 aliphatic rings. The number of nitrogens with one attached hydrogen (secondary N) is 1. The van der Waals surface area contributed by atoms with E-state index in [2.05, 4.69) is 16.9 Å². The average molecular weight is 68.1 g/mol. The fraction of sp³-hybridized carbons (Fsp3) is 0.333. The normalized spacial score (nSPS) is 19.2. The standard InChI is InChI=1S/C3H4N2/c1-2-4-5-3-1/h2,5H,3H2. The van der Waals surface area contributed by atoms with Crippen LogP contribution in [0.25, 0.3) is 0 Å². The molecule has 0 aliphatic carbocycles. The predicted octanol–water partition coefficient (Wildman–Crippen LogP) is -0.343. The van der Waals surface area contributed by atoms with Crippen molar-refractivity contribution in [3.8, 4) is 0 Å². The SMILES string of the molecule is [C]1C=NNC1. The van der Waals surface area contributed by atoms with Gasteiger partial charge in [-0.25, -0.2) is 0 Å². The first-order chi connectivity index (χ1) is 2.50. The molecule has 0 spiro atoms. The van der Waals surface area contributed by atoms with Crippen molar-refractivity contribution >= 4 is 6.21 Å². The minimum atomic E-state index is 0.778. The van der Waals surface area contributed by atoms with E-state index in [0.717, 1.165) is 6.54 Å². The van der Waals surface area contributed by atoms with E-state index >= 15 is 0 Å². The molecule has 0 aromatic carbocycles. The molecule has 0 atom stereocenters. The lowest BCUT2D eigenvalue weighted by Gasteiger charge is -1.75. The fourth-order valence-corrected chi connectivity index (χ4v) is 0.228. The molecule has 1 rings (SSSR count). The minimum Gasteiger partial charge on any atom is -0.309 e. The first-order valence-corrected chi connectivity index (χ1v) is 1.48. The van der Waals surface area contributed by atoms with Crippen LogP contribution >= 0.6 is 0 Å². The van der Waals surface area contributed by atoms with E-state index in [4.69, 9.17) is 0 Å². The number of hydrazone groups is 1. The van der Waals surface area contributed by atoms with Gasteiger partial charge in [-0.3, -0.25) is 0 Å². The number of nitrogens with zero attached hydrogens (tertiary/aromatic N) is 1. The van der Waals surface area contributed by atoms with Crippen molar-refractivity contribution in [2.45, 2.75) is 0 Å². The van der Waals surface area contributed by atoms with Gasteiger partial charge in [0.1, 0.15) is 0 Å². The van der Waals surface area contributed by atoms with Gasteiger partial charge in [-0.05, 0) is 0 Å². The van der Waals surface area contributed by atoms with Crippen LogP contribution in [0.4, 0.5) is 0 Å². The Bertz CT molecular complexity index is 42.9. The largest absolute Gasteiger partial charge is 0.309 e. The van der Waals surface area contributed by atoms with E-state index in [0.29, 0.717) is 0 Å². The zero-order chi connectivity index (χ0) is 3.54. The van der Waals surface area contributed by atoms with Crippen molar-refractivity contribution < 1.29 is 0 Å². The Morgan fingerprint density at radius 1 is 2.00 bits per heavy atom. The van der Waals surface area contributed by atoms with Gasteiger partial charge in [0.25, 0.3) is 0 Å². The lowest BCUT2D eigenvalue weighted by molar-refractivity contribution is 0.854. The zero-order valence-corrected chi connectivity index (χ0v) is 2.73. The summed E-state index contributed by atoms with van der Waals surface area (Å²) in [6.45, 7) is 0.778. The maximum absolute atomic E-state index is 3.60. The molecule has 0 bridgehead atoms. The van der Waals surface area contributed by atoms with E-state index in [1.54, 1.807) is 6.21 Å². The fourth-order valence-electron chi connectivity index (χ4n) is 0.228. The molecule has 0 saturated heterocycles. The number of hydrogen-bond acceptors (Lipinski definition) is 2. The van der Waals surface area contributed by atoms with E-state index in [9.17, 15) is 0 Å². The molecule has 0 aromatic rings. The Hall–Kier alpha value is -0.530. The Morgan fingerprint density at radius 2 is 3.00 bits per heavy atom. The average Bonchev–Trinajstić information content (AvgIpc) is 1.76. The maximum atomic E-state index is 3.60. The molecule has 2 heteroatoms. The Labute approximate surface area is 30.9 Å². The molecule has 0 amide bonds. The second-order valence-electron chi connectivity index (χ2n) is 0.797. The summed E-state index contributed by atoms with van der Waals surface area (Å²) in [6, 6.07) is 0. The van der Waals surface area contributed by atoms with Crippen LogP contribution in [0.3, 0.4) is 0 Å². The third kappa shape index (κ3) is 0.375. The molecule has 0 fully saturated rings. The summed E-state index contributed by atoms with van der Waals surface area (Å²) >= 11 is 0. The van der Waals surface area contributed by atoms with Gasteiger partial charge in [0.15, 0.2) is 0 Å². The van der Waals surface area contributed by atoms with Crippen molar-refractivity contribution in [2.75, 3.05) is 6.54 Å². The second-order valence-corrected chi connectivity index (χ2v) is 0.797. The van der Waals surface area contributed by atoms with E-state index in [1.165, 1.54) is 0 Å². The summed E-state index contributed by atoms with van der Waals surface area (Å²) < 4.78 is 0. The molecule has 26 valence electrons. The van der Waals surface area contributed by atoms with Crippen molar-refractivity contribution in [3.63, 3.8) is 0 Å². The highest BCUT2D eigenvalue weighted by molar-refractivity contribution is 5.69. The molecule has 1 N–H and O–H groups in total. The molecular weight excluding hydrogens is 64.0 g/mol. The first-order valence-electron chi connectivity index (χ1n) is 1.48. The van der Waals surface area contributed by atoms with E-state index in [-0.39, 0.29) is 0 Å². The van der Waals surface area contributed by atoms with Crippen LogP contribution < -0.4 is 5.43 Å². The topological polar surface area (TPSA) is 24.4 Å². The summed E-state index contributed by atoms with van der Waals surface area (Å²) in [4.78, 5) is 0. The molecule has 2 radical (unpaired) electrons. The molecule has 0 saturated carbocycles. The van der Waals surface area contributed by atoms with Gasteiger partial charge in [0, 0.05) is 12.8 Å². The molecular formula is C3H4N2. The summed E-state index contributed by atoms with van der Waals surface area (Å²) in [7, 11) is 0. The van der Waals surface area contributed by atoms with Crippen molar-refractivity contribution in [1.82, 2.24) is 5.43 Å². The van der Waals surface area contributed by atoms with Gasteiger partial charge in [-0.2, -0.15) is 5.10 Å². The second kappa shape index (κ2) is 1.06. The summed E-state index contributed by atoms with van der Waals surface area (Å²) in [5.41, 5.74) is 2.68. The van der Waals surface area contributed by atoms with Crippen LogP contribution in [-0.2, 0) is 0 Å². The molecule has 0 unspecified atom stereocenters. The Morgan fingerprint density at radius 3 is 3.20 bits per heavy atom. The predicted molar refractivity (Wildman–Crippen MR) is 19.7 cm³/mol. The number of rotatable bonds is 0. The summed E-state index contributed by atoms with van der Waals surface area (Å²) in [5, 5.41) is 3.60. The van der Waals surface area contributed by atoms with Gasteiger partial charge >= 0.3 is 0 Å². The maximum Gasteiger partial charge on any atom is 0.0531 e. The Balaban J connectivity index is 2.32. The van der Waals surface area contributed by atoms with Crippen molar-refractivity contribution in [2.24, 2.45) is 5.10 Å². The minimum absolute atomic E-state index is 0.778. The molecule has 2 nitrogen and oxygen atoms in total. The quantitative estimate of drug-likeness (QED) is 0.412. The van der Waals surface area contributed by atoms with Crippen LogP contribution in [0.5, 0.6) is 0 Å². The lowest BCUT2D eigenvalue weighted by Crippen LogP contribution is -1.96. The van der Waals surface area contributed by atoms with Gasteiger partial charge in [-0.1, -0.05) is 0 Å².